The zero-order valence-corrected chi connectivity index (χ0v) is 11.7. The molecule has 96 valence electrons. The van der Waals surface area contributed by atoms with Crippen molar-refractivity contribution in [3.8, 4) is 5.69 Å². The van der Waals surface area contributed by atoms with Gasteiger partial charge in [0.2, 0.25) is 0 Å². The highest BCUT2D eigenvalue weighted by atomic mass is 35.5. The third-order valence-corrected chi connectivity index (χ3v) is 3.37. The molecule has 0 aliphatic rings. The average Bonchev–Trinajstić information content (AvgIpc) is 2.79. The molecule has 1 unspecified atom stereocenters. The number of hydrogen-bond donors (Lipinski definition) is 0. The van der Waals surface area contributed by atoms with Crippen LogP contribution < -0.4 is 0 Å². The standard InChI is InChI=1S/C14H11Cl2N3/c1-9(15)14-18-12-8-17-7-6-13(12)19(14)11-4-2-10(16)3-5-11/h2-9H,1H3. The van der Waals surface area contributed by atoms with E-state index in [9.17, 15) is 0 Å². The van der Waals surface area contributed by atoms with Crippen molar-refractivity contribution in [3.63, 3.8) is 0 Å². The van der Waals surface area contributed by atoms with Crippen molar-refractivity contribution in [2.45, 2.75) is 12.3 Å². The number of pyridine rings is 1. The summed E-state index contributed by atoms with van der Waals surface area (Å²) in [6.45, 7) is 1.91. The van der Waals surface area contributed by atoms with Gasteiger partial charge in [0.05, 0.1) is 17.1 Å². The minimum absolute atomic E-state index is 0.192. The number of aromatic nitrogens is 3. The van der Waals surface area contributed by atoms with Gasteiger partial charge in [-0.15, -0.1) is 11.6 Å². The van der Waals surface area contributed by atoms with Crippen molar-refractivity contribution in [3.05, 3.63) is 53.6 Å². The number of rotatable bonds is 2. The van der Waals surface area contributed by atoms with Crippen LogP contribution in [0.2, 0.25) is 5.02 Å². The highest BCUT2D eigenvalue weighted by Gasteiger charge is 2.16. The van der Waals surface area contributed by atoms with Gasteiger partial charge in [0.1, 0.15) is 11.3 Å². The molecule has 3 rings (SSSR count). The van der Waals surface area contributed by atoms with E-state index >= 15 is 0 Å². The van der Waals surface area contributed by atoms with Crippen LogP contribution in [0.3, 0.4) is 0 Å². The van der Waals surface area contributed by atoms with Gasteiger partial charge in [-0.05, 0) is 37.3 Å². The van der Waals surface area contributed by atoms with Crippen LogP contribution >= 0.6 is 23.2 Å². The smallest absolute Gasteiger partial charge is 0.132 e. The van der Waals surface area contributed by atoms with E-state index in [1.54, 1.807) is 12.4 Å². The minimum Gasteiger partial charge on any atom is -0.295 e. The van der Waals surface area contributed by atoms with Crippen molar-refractivity contribution >= 4 is 34.2 Å². The van der Waals surface area contributed by atoms with Gasteiger partial charge in [-0.1, -0.05) is 11.6 Å². The topological polar surface area (TPSA) is 30.7 Å². The molecule has 0 radical (unpaired) electrons. The summed E-state index contributed by atoms with van der Waals surface area (Å²) in [5, 5.41) is 0.512. The van der Waals surface area contributed by atoms with Crippen molar-refractivity contribution in [1.82, 2.24) is 14.5 Å². The normalized spacial score (nSPS) is 12.8. The number of halogens is 2. The summed E-state index contributed by atoms with van der Waals surface area (Å²) in [6, 6.07) is 9.54. The summed E-state index contributed by atoms with van der Waals surface area (Å²) in [5.41, 5.74) is 2.81. The first kappa shape index (κ1) is 12.5. The third kappa shape index (κ3) is 2.20. The van der Waals surface area contributed by atoms with Gasteiger partial charge < -0.3 is 0 Å². The Morgan fingerprint density at radius 3 is 2.58 bits per heavy atom. The van der Waals surface area contributed by atoms with Gasteiger partial charge in [0, 0.05) is 16.9 Å². The van der Waals surface area contributed by atoms with Crippen LogP contribution in [-0.2, 0) is 0 Å². The monoisotopic (exact) mass is 291 g/mol. The van der Waals surface area contributed by atoms with Crippen LogP contribution in [0.4, 0.5) is 0 Å². The van der Waals surface area contributed by atoms with E-state index in [1.807, 2.05) is 41.8 Å². The number of hydrogen-bond acceptors (Lipinski definition) is 2. The molecule has 3 aromatic rings. The first-order chi connectivity index (χ1) is 9.16. The summed E-state index contributed by atoms with van der Waals surface area (Å²) in [4.78, 5) is 8.64. The number of fused-ring (bicyclic) bond motifs is 1. The van der Waals surface area contributed by atoms with Gasteiger partial charge in [0.25, 0.3) is 0 Å². The zero-order chi connectivity index (χ0) is 13.4. The molecule has 5 heteroatoms. The third-order valence-electron chi connectivity index (χ3n) is 2.92. The molecule has 0 saturated carbocycles. The minimum atomic E-state index is -0.192. The van der Waals surface area contributed by atoms with E-state index in [0.29, 0.717) is 5.02 Å². The molecule has 0 aliphatic carbocycles. The van der Waals surface area contributed by atoms with Crippen molar-refractivity contribution in [2.24, 2.45) is 0 Å². The van der Waals surface area contributed by atoms with Crippen molar-refractivity contribution < 1.29 is 0 Å². The van der Waals surface area contributed by atoms with E-state index < -0.39 is 0 Å². The Labute approximate surface area is 120 Å². The summed E-state index contributed by atoms with van der Waals surface area (Å²) in [6.07, 6.45) is 3.49. The van der Waals surface area contributed by atoms with Crippen molar-refractivity contribution in [2.75, 3.05) is 0 Å². The second-order valence-corrected chi connectivity index (χ2v) is 5.35. The van der Waals surface area contributed by atoms with Gasteiger partial charge in [-0.3, -0.25) is 9.55 Å². The van der Waals surface area contributed by atoms with Gasteiger partial charge in [-0.2, -0.15) is 0 Å². The number of nitrogens with zero attached hydrogens (tertiary/aromatic N) is 3. The lowest BCUT2D eigenvalue weighted by Gasteiger charge is -2.10. The molecule has 19 heavy (non-hydrogen) atoms. The number of benzene rings is 1. The molecular weight excluding hydrogens is 281 g/mol. The Kier molecular flexibility index (Phi) is 3.17. The Morgan fingerprint density at radius 2 is 1.89 bits per heavy atom. The van der Waals surface area contributed by atoms with Crippen molar-refractivity contribution in [1.29, 1.82) is 0 Å². The summed E-state index contributed by atoms with van der Waals surface area (Å²) < 4.78 is 2.03. The molecular formula is C14H11Cl2N3. The fourth-order valence-electron chi connectivity index (χ4n) is 2.08. The molecule has 0 fully saturated rings. The number of imidazole rings is 1. The van der Waals surface area contributed by atoms with E-state index in [0.717, 1.165) is 22.5 Å². The fourth-order valence-corrected chi connectivity index (χ4v) is 2.35. The molecule has 0 spiro atoms. The molecule has 2 aromatic heterocycles. The van der Waals surface area contributed by atoms with Crippen LogP contribution in [0.15, 0.2) is 42.7 Å². The summed E-state index contributed by atoms with van der Waals surface area (Å²) in [5.74, 6) is 0.798. The Morgan fingerprint density at radius 1 is 1.16 bits per heavy atom. The maximum atomic E-state index is 6.23. The first-order valence-corrected chi connectivity index (χ1v) is 6.70. The molecule has 0 amide bonds. The first-order valence-electron chi connectivity index (χ1n) is 5.89. The lowest BCUT2D eigenvalue weighted by atomic mass is 10.3. The van der Waals surface area contributed by atoms with Gasteiger partial charge in [0.15, 0.2) is 0 Å². The molecule has 2 heterocycles. The number of alkyl halides is 1. The van der Waals surface area contributed by atoms with E-state index in [-0.39, 0.29) is 5.38 Å². The Bertz CT molecular complexity index is 717. The molecule has 0 aliphatic heterocycles. The van der Waals surface area contributed by atoms with Crippen LogP contribution in [0.5, 0.6) is 0 Å². The Balaban J connectivity index is 2.31. The highest BCUT2D eigenvalue weighted by Crippen LogP contribution is 2.28. The largest absolute Gasteiger partial charge is 0.295 e. The molecule has 0 bridgehead atoms. The van der Waals surface area contributed by atoms with Crippen LogP contribution in [-0.4, -0.2) is 14.5 Å². The quantitative estimate of drug-likeness (QED) is 0.656. The summed E-state index contributed by atoms with van der Waals surface area (Å²) in [7, 11) is 0. The lowest BCUT2D eigenvalue weighted by Crippen LogP contribution is -2.01. The van der Waals surface area contributed by atoms with Crippen LogP contribution in [0, 0.1) is 0 Å². The van der Waals surface area contributed by atoms with Gasteiger partial charge >= 0.3 is 0 Å². The average molecular weight is 292 g/mol. The predicted molar refractivity (Wildman–Crippen MR) is 78.1 cm³/mol. The summed E-state index contributed by atoms with van der Waals surface area (Å²) >= 11 is 12.2. The van der Waals surface area contributed by atoms with Crippen LogP contribution in [0.1, 0.15) is 18.1 Å². The zero-order valence-electron chi connectivity index (χ0n) is 10.2. The maximum Gasteiger partial charge on any atom is 0.132 e. The van der Waals surface area contributed by atoms with E-state index in [1.165, 1.54) is 0 Å². The Hall–Kier alpha value is -1.58. The second kappa shape index (κ2) is 4.83. The molecule has 1 aromatic carbocycles. The molecule has 0 saturated heterocycles. The van der Waals surface area contributed by atoms with E-state index in [2.05, 4.69) is 9.97 Å². The molecule has 0 N–H and O–H groups in total. The molecule has 1 atom stereocenters. The SMILES string of the molecule is CC(Cl)c1nc2cnccc2n1-c1ccc(Cl)cc1. The van der Waals surface area contributed by atoms with E-state index in [4.69, 9.17) is 23.2 Å². The fraction of sp³-hybridized carbons (Fsp3) is 0.143. The molecule has 3 nitrogen and oxygen atoms in total. The van der Waals surface area contributed by atoms with Gasteiger partial charge in [-0.25, -0.2) is 4.98 Å². The predicted octanol–water partition coefficient (Wildman–Crippen LogP) is 4.37. The van der Waals surface area contributed by atoms with Crippen LogP contribution in [0.25, 0.3) is 16.7 Å². The maximum absolute atomic E-state index is 6.23. The highest BCUT2D eigenvalue weighted by molar-refractivity contribution is 6.30. The lowest BCUT2D eigenvalue weighted by molar-refractivity contribution is 0.882. The second-order valence-electron chi connectivity index (χ2n) is 4.26.